The molecule has 1 rings (SSSR count). The molecule has 0 atom stereocenters. The smallest absolute Gasteiger partial charge is 0.176 e. The Morgan fingerprint density at radius 2 is 2.12 bits per heavy atom. The Balaban J connectivity index is 3.36. The van der Waals surface area contributed by atoms with Crippen LogP contribution in [-0.4, -0.2) is 25.1 Å². The SMILES string of the molecule is CCOc1c(OC)cc(/C=N/O)c(Br)c1Br. The second kappa shape index (κ2) is 6.10. The number of oxime groups is 1. The van der Waals surface area contributed by atoms with Crippen LogP contribution >= 0.6 is 31.9 Å². The van der Waals surface area contributed by atoms with Crippen LogP contribution < -0.4 is 9.47 Å². The van der Waals surface area contributed by atoms with Crippen molar-refractivity contribution in [2.24, 2.45) is 5.16 Å². The minimum absolute atomic E-state index is 0.537. The molecule has 0 fully saturated rings. The Kier molecular flexibility index (Phi) is 5.08. The summed E-state index contributed by atoms with van der Waals surface area (Å²) in [6.45, 7) is 2.43. The van der Waals surface area contributed by atoms with Crippen molar-refractivity contribution in [1.29, 1.82) is 0 Å². The van der Waals surface area contributed by atoms with Gasteiger partial charge in [-0.2, -0.15) is 0 Å². The summed E-state index contributed by atoms with van der Waals surface area (Å²) in [4.78, 5) is 0. The van der Waals surface area contributed by atoms with E-state index in [1.54, 1.807) is 13.2 Å². The number of ether oxygens (including phenoxy) is 2. The lowest BCUT2D eigenvalue weighted by molar-refractivity contribution is 0.308. The molecule has 0 heterocycles. The van der Waals surface area contributed by atoms with Crippen molar-refractivity contribution in [1.82, 2.24) is 0 Å². The summed E-state index contributed by atoms with van der Waals surface area (Å²) in [5.41, 5.74) is 0.690. The number of rotatable bonds is 4. The van der Waals surface area contributed by atoms with Crippen molar-refractivity contribution in [3.05, 3.63) is 20.6 Å². The zero-order valence-electron chi connectivity index (χ0n) is 8.83. The van der Waals surface area contributed by atoms with Crippen LogP contribution in [0.25, 0.3) is 0 Å². The van der Waals surface area contributed by atoms with Gasteiger partial charge < -0.3 is 14.7 Å². The molecule has 0 amide bonds. The maximum Gasteiger partial charge on any atom is 0.176 e. The molecule has 0 aromatic heterocycles. The first-order valence-electron chi connectivity index (χ1n) is 4.51. The topological polar surface area (TPSA) is 51.0 Å². The quantitative estimate of drug-likeness (QED) is 0.513. The highest BCUT2D eigenvalue weighted by Gasteiger charge is 2.15. The Morgan fingerprint density at radius 3 is 2.62 bits per heavy atom. The van der Waals surface area contributed by atoms with Gasteiger partial charge >= 0.3 is 0 Å². The molecule has 0 aliphatic rings. The van der Waals surface area contributed by atoms with Crippen LogP contribution in [0.1, 0.15) is 12.5 Å². The number of methoxy groups -OCH3 is 1. The van der Waals surface area contributed by atoms with E-state index in [0.29, 0.717) is 23.7 Å². The zero-order valence-corrected chi connectivity index (χ0v) is 12.0. The molecular formula is C10H11Br2NO3. The van der Waals surface area contributed by atoms with Gasteiger partial charge in [0.2, 0.25) is 0 Å². The summed E-state index contributed by atoms with van der Waals surface area (Å²) in [6, 6.07) is 1.72. The minimum Gasteiger partial charge on any atom is -0.493 e. The van der Waals surface area contributed by atoms with Gasteiger partial charge in [-0.3, -0.25) is 0 Å². The summed E-state index contributed by atoms with van der Waals surface area (Å²) in [5.74, 6) is 1.19. The first-order chi connectivity index (χ1) is 7.65. The van der Waals surface area contributed by atoms with E-state index >= 15 is 0 Å². The average Bonchev–Trinajstić information content (AvgIpc) is 2.29. The van der Waals surface area contributed by atoms with Crippen LogP contribution in [0.4, 0.5) is 0 Å². The lowest BCUT2D eigenvalue weighted by Crippen LogP contribution is -1.99. The van der Waals surface area contributed by atoms with Gasteiger partial charge in [0.25, 0.3) is 0 Å². The molecule has 0 bridgehead atoms. The van der Waals surface area contributed by atoms with Crippen LogP contribution in [0.5, 0.6) is 11.5 Å². The Bertz CT molecular complexity index is 408. The van der Waals surface area contributed by atoms with E-state index in [9.17, 15) is 0 Å². The van der Waals surface area contributed by atoms with Gasteiger partial charge in [0.15, 0.2) is 11.5 Å². The Hall–Kier alpha value is -0.750. The maximum atomic E-state index is 8.53. The molecule has 1 aromatic rings. The summed E-state index contributed by atoms with van der Waals surface area (Å²) in [5, 5.41) is 11.5. The standard InChI is InChI=1S/C10H11Br2NO3/c1-3-16-10-7(15-2)4-6(5-13-14)8(11)9(10)12/h4-5,14H,3H2,1-2H3/b13-5+. The van der Waals surface area contributed by atoms with Crippen LogP contribution in [0.3, 0.4) is 0 Å². The molecule has 88 valence electrons. The molecule has 16 heavy (non-hydrogen) atoms. The van der Waals surface area contributed by atoms with E-state index in [-0.39, 0.29) is 0 Å². The second-order valence-corrected chi connectivity index (χ2v) is 4.39. The number of hydrogen-bond acceptors (Lipinski definition) is 4. The first kappa shape index (κ1) is 13.3. The van der Waals surface area contributed by atoms with Gasteiger partial charge in [-0.05, 0) is 44.8 Å². The highest BCUT2D eigenvalue weighted by molar-refractivity contribution is 9.13. The predicted molar refractivity (Wildman–Crippen MR) is 68.9 cm³/mol. The summed E-state index contributed by atoms with van der Waals surface area (Å²) >= 11 is 6.78. The van der Waals surface area contributed by atoms with E-state index in [4.69, 9.17) is 14.7 Å². The number of hydrogen-bond donors (Lipinski definition) is 1. The van der Waals surface area contributed by atoms with Gasteiger partial charge in [0, 0.05) is 10.0 Å². The number of benzene rings is 1. The minimum atomic E-state index is 0.537. The van der Waals surface area contributed by atoms with Crippen LogP contribution in [0.15, 0.2) is 20.2 Å². The summed E-state index contributed by atoms with van der Waals surface area (Å²) < 4.78 is 12.1. The maximum absolute atomic E-state index is 8.53. The fourth-order valence-corrected chi connectivity index (χ4v) is 2.13. The zero-order chi connectivity index (χ0) is 12.1. The van der Waals surface area contributed by atoms with Crippen LogP contribution in [0.2, 0.25) is 0 Å². The molecule has 4 nitrogen and oxygen atoms in total. The van der Waals surface area contributed by atoms with Gasteiger partial charge in [0.1, 0.15) is 0 Å². The summed E-state index contributed by atoms with van der Waals surface area (Å²) in [6.07, 6.45) is 1.31. The van der Waals surface area contributed by atoms with E-state index in [1.807, 2.05) is 6.92 Å². The van der Waals surface area contributed by atoms with E-state index in [1.165, 1.54) is 6.21 Å². The van der Waals surface area contributed by atoms with Crippen molar-refractivity contribution >= 4 is 38.1 Å². The van der Waals surface area contributed by atoms with E-state index in [0.717, 1.165) is 8.95 Å². The van der Waals surface area contributed by atoms with E-state index in [2.05, 4.69) is 37.0 Å². The van der Waals surface area contributed by atoms with Crippen molar-refractivity contribution in [3.8, 4) is 11.5 Å². The predicted octanol–water partition coefficient (Wildman–Crippen LogP) is 3.43. The number of nitrogens with zero attached hydrogens (tertiary/aromatic N) is 1. The molecule has 0 aliphatic carbocycles. The molecule has 0 radical (unpaired) electrons. The molecule has 0 saturated heterocycles. The Labute approximate surface area is 110 Å². The van der Waals surface area contributed by atoms with Crippen molar-refractivity contribution < 1.29 is 14.7 Å². The first-order valence-corrected chi connectivity index (χ1v) is 6.10. The van der Waals surface area contributed by atoms with E-state index < -0.39 is 0 Å². The largest absolute Gasteiger partial charge is 0.493 e. The molecule has 0 unspecified atom stereocenters. The van der Waals surface area contributed by atoms with Gasteiger partial charge in [-0.15, -0.1) is 0 Å². The monoisotopic (exact) mass is 351 g/mol. The molecule has 0 saturated carbocycles. The third-order valence-electron chi connectivity index (χ3n) is 1.86. The number of halogens is 2. The summed E-state index contributed by atoms with van der Waals surface area (Å²) in [7, 11) is 1.55. The lowest BCUT2D eigenvalue weighted by atomic mass is 10.2. The van der Waals surface area contributed by atoms with Crippen molar-refractivity contribution in [2.45, 2.75) is 6.92 Å². The average molecular weight is 353 g/mol. The molecular weight excluding hydrogens is 342 g/mol. The molecule has 0 spiro atoms. The molecule has 1 aromatic carbocycles. The highest BCUT2D eigenvalue weighted by atomic mass is 79.9. The third kappa shape index (κ3) is 2.68. The third-order valence-corrected chi connectivity index (χ3v) is 4.00. The molecule has 1 N–H and O–H groups in total. The van der Waals surface area contributed by atoms with Crippen LogP contribution in [-0.2, 0) is 0 Å². The van der Waals surface area contributed by atoms with Gasteiger partial charge in [-0.25, -0.2) is 0 Å². The lowest BCUT2D eigenvalue weighted by Gasteiger charge is -2.13. The van der Waals surface area contributed by atoms with Crippen LogP contribution in [0, 0.1) is 0 Å². The second-order valence-electron chi connectivity index (χ2n) is 2.80. The Morgan fingerprint density at radius 1 is 1.44 bits per heavy atom. The molecule has 0 aliphatic heterocycles. The van der Waals surface area contributed by atoms with Crippen molar-refractivity contribution in [2.75, 3.05) is 13.7 Å². The fourth-order valence-electron chi connectivity index (χ4n) is 1.19. The highest BCUT2D eigenvalue weighted by Crippen LogP contribution is 2.42. The van der Waals surface area contributed by atoms with Gasteiger partial charge in [-0.1, -0.05) is 5.16 Å². The normalized spacial score (nSPS) is 10.8. The van der Waals surface area contributed by atoms with Crippen molar-refractivity contribution in [3.63, 3.8) is 0 Å². The molecule has 6 heteroatoms. The van der Waals surface area contributed by atoms with Gasteiger partial charge in [0.05, 0.1) is 24.4 Å². The fraction of sp³-hybridized carbons (Fsp3) is 0.300.